The van der Waals surface area contributed by atoms with Gasteiger partial charge in [-0.15, -0.1) is 0 Å². The van der Waals surface area contributed by atoms with Gasteiger partial charge >= 0.3 is 11.9 Å². The second-order valence-electron chi connectivity index (χ2n) is 7.98. The molecular formula is C18H23NO5. The fraction of sp³-hybridized carbons (Fsp3) is 0.778. The smallest absolute Gasteiger partial charge is 0.327 e. The molecule has 2 saturated carbocycles. The molecule has 0 spiro atoms. The standard InChI is InChI=1S/C18H23NO5/c1-4-17(2,3)15(21)23-8-11(20)6-12-10-5-13-14(12)24-16(22)18(13,7-10)9-19/h10,12-14H,4-8H2,1-3H3. The van der Waals surface area contributed by atoms with E-state index in [1.807, 2.05) is 6.92 Å². The highest BCUT2D eigenvalue weighted by atomic mass is 16.6. The Hall–Kier alpha value is -1.90. The van der Waals surface area contributed by atoms with Crippen molar-refractivity contribution in [1.29, 1.82) is 5.26 Å². The number of rotatable bonds is 6. The number of carbonyl (C=O) groups excluding carboxylic acids is 3. The van der Waals surface area contributed by atoms with Gasteiger partial charge in [0, 0.05) is 18.3 Å². The summed E-state index contributed by atoms with van der Waals surface area (Å²) < 4.78 is 10.6. The molecule has 3 rings (SSSR count). The predicted octanol–water partition coefficient (Wildman–Crippen LogP) is 2.02. The summed E-state index contributed by atoms with van der Waals surface area (Å²) in [5, 5.41) is 9.37. The number of carbonyl (C=O) groups is 3. The van der Waals surface area contributed by atoms with E-state index in [-0.39, 0.29) is 48.6 Å². The monoisotopic (exact) mass is 333 g/mol. The van der Waals surface area contributed by atoms with Crippen LogP contribution in [0.1, 0.15) is 46.5 Å². The van der Waals surface area contributed by atoms with Gasteiger partial charge in [-0.3, -0.25) is 14.4 Å². The Morgan fingerprint density at radius 1 is 1.46 bits per heavy atom. The van der Waals surface area contributed by atoms with E-state index in [2.05, 4.69) is 6.07 Å². The number of fused-ring (bicyclic) bond motifs is 1. The summed E-state index contributed by atoms with van der Waals surface area (Å²) in [5.74, 6) is -0.917. The lowest BCUT2D eigenvalue weighted by atomic mass is 9.71. The van der Waals surface area contributed by atoms with Gasteiger partial charge in [-0.1, -0.05) is 6.92 Å². The second-order valence-corrected chi connectivity index (χ2v) is 7.98. The Kier molecular flexibility index (Phi) is 3.94. The first-order chi connectivity index (χ1) is 11.2. The van der Waals surface area contributed by atoms with Gasteiger partial charge in [-0.2, -0.15) is 5.26 Å². The summed E-state index contributed by atoms with van der Waals surface area (Å²) in [4.78, 5) is 36.2. The summed E-state index contributed by atoms with van der Waals surface area (Å²) in [5.41, 5.74) is -1.58. The molecule has 6 nitrogen and oxygen atoms in total. The molecule has 5 atom stereocenters. The van der Waals surface area contributed by atoms with Crippen LogP contribution < -0.4 is 0 Å². The minimum Gasteiger partial charge on any atom is -0.460 e. The average molecular weight is 333 g/mol. The zero-order valence-electron chi connectivity index (χ0n) is 14.3. The van der Waals surface area contributed by atoms with E-state index in [0.717, 1.165) is 6.42 Å². The summed E-state index contributed by atoms with van der Waals surface area (Å²) in [6.45, 7) is 5.23. The lowest BCUT2D eigenvalue weighted by Crippen LogP contribution is -2.35. The topological polar surface area (TPSA) is 93.5 Å². The molecule has 24 heavy (non-hydrogen) atoms. The molecule has 1 heterocycles. The maximum absolute atomic E-state index is 12.2. The Morgan fingerprint density at radius 2 is 2.17 bits per heavy atom. The molecule has 1 aliphatic heterocycles. The molecule has 2 aliphatic carbocycles. The molecule has 0 amide bonds. The van der Waals surface area contributed by atoms with Crippen LogP contribution in [0.5, 0.6) is 0 Å². The summed E-state index contributed by atoms with van der Waals surface area (Å²) >= 11 is 0. The molecular weight excluding hydrogens is 310 g/mol. The van der Waals surface area contributed by atoms with E-state index in [1.54, 1.807) is 13.8 Å². The van der Waals surface area contributed by atoms with Crippen LogP contribution in [-0.2, 0) is 23.9 Å². The van der Waals surface area contributed by atoms with Gasteiger partial charge in [-0.25, -0.2) is 0 Å². The molecule has 5 unspecified atom stereocenters. The van der Waals surface area contributed by atoms with Gasteiger partial charge in [0.25, 0.3) is 0 Å². The minimum absolute atomic E-state index is 0.0479. The molecule has 0 aromatic carbocycles. The van der Waals surface area contributed by atoms with Gasteiger partial charge in [0.1, 0.15) is 12.7 Å². The van der Waals surface area contributed by atoms with Crippen molar-refractivity contribution in [3.63, 3.8) is 0 Å². The molecule has 2 bridgehead atoms. The van der Waals surface area contributed by atoms with Crippen LogP contribution in [-0.4, -0.2) is 30.4 Å². The van der Waals surface area contributed by atoms with E-state index in [1.165, 1.54) is 0 Å². The van der Waals surface area contributed by atoms with E-state index in [9.17, 15) is 19.6 Å². The predicted molar refractivity (Wildman–Crippen MR) is 82.3 cm³/mol. The Balaban J connectivity index is 1.57. The third-order valence-electron chi connectivity index (χ3n) is 6.27. The highest BCUT2D eigenvalue weighted by Crippen LogP contribution is 2.64. The molecule has 0 aromatic heterocycles. The number of ether oxygens (including phenoxy) is 2. The van der Waals surface area contributed by atoms with E-state index >= 15 is 0 Å². The highest BCUT2D eigenvalue weighted by Gasteiger charge is 2.70. The van der Waals surface area contributed by atoms with E-state index < -0.39 is 16.8 Å². The first-order valence-corrected chi connectivity index (χ1v) is 8.56. The van der Waals surface area contributed by atoms with Gasteiger partial charge in [-0.05, 0) is 39.0 Å². The van der Waals surface area contributed by atoms with E-state index in [0.29, 0.717) is 12.8 Å². The molecule has 1 saturated heterocycles. The molecule has 3 aliphatic rings. The number of hydrogen-bond acceptors (Lipinski definition) is 6. The Bertz CT molecular complexity index is 634. The summed E-state index contributed by atoms with van der Waals surface area (Å²) in [7, 11) is 0. The van der Waals surface area contributed by atoms with Crippen molar-refractivity contribution in [3.05, 3.63) is 0 Å². The van der Waals surface area contributed by atoms with Crippen LogP contribution in [0, 0.1) is 39.9 Å². The van der Waals surface area contributed by atoms with Gasteiger partial charge in [0.15, 0.2) is 11.2 Å². The quantitative estimate of drug-likeness (QED) is 0.690. The Morgan fingerprint density at radius 3 is 2.79 bits per heavy atom. The molecule has 6 heteroatoms. The largest absolute Gasteiger partial charge is 0.460 e. The maximum atomic E-state index is 12.2. The fourth-order valence-corrected chi connectivity index (χ4v) is 4.38. The van der Waals surface area contributed by atoms with Gasteiger partial charge in [0.2, 0.25) is 0 Å². The van der Waals surface area contributed by atoms with Crippen LogP contribution >= 0.6 is 0 Å². The normalized spacial score (nSPS) is 36.3. The van der Waals surface area contributed by atoms with Crippen LogP contribution in [0.4, 0.5) is 0 Å². The number of Topliss-reactive ketones (excluding diaryl/α,β-unsaturated/α-hetero) is 1. The van der Waals surface area contributed by atoms with Crippen molar-refractivity contribution in [2.24, 2.45) is 28.6 Å². The number of nitriles is 1. The maximum Gasteiger partial charge on any atom is 0.327 e. The van der Waals surface area contributed by atoms with Crippen molar-refractivity contribution in [2.45, 2.75) is 52.6 Å². The lowest BCUT2D eigenvalue weighted by Gasteiger charge is -2.27. The number of ketones is 1. The minimum atomic E-state index is -0.980. The average Bonchev–Trinajstić information content (AvgIpc) is 3.14. The first-order valence-electron chi connectivity index (χ1n) is 8.56. The van der Waals surface area contributed by atoms with Crippen LogP contribution in [0.25, 0.3) is 0 Å². The van der Waals surface area contributed by atoms with Gasteiger partial charge < -0.3 is 9.47 Å². The molecule has 3 fully saturated rings. The van der Waals surface area contributed by atoms with E-state index in [4.69, 9.17) is 9.47 Å². The lowest BCUT2D eigenvalue weighted by molar-refractivity contribution is -0.157. The van der Waals surface area contributed by atoms with Crippen molar-refractivity contribution in [2.75, 3.05) is 6.61 Å². The summed E-state index contributed by atoms with van der Waals surface area (Å²) in [6, 6.07) is 2.16. The second kappa shape index (κ2) is 5.58. The van der Waals surface area contributed by atoms with Crippen molar-refractivity contribution in [1.82, 2.24) is 0 Å². The van der Waals surface area contributed by atoms with Crippen molar-refractivity contribution < 1.29 is 23.9 Å². The SMILES string of the molecule is CCC(C)(C)C(=O)OCC(=O)CC1C2CC3C1OC(=O)C3(C#N)C2. The van der Waals surface area contributed by atoms with Crippen LogP contribution in [0.15, 0.2) is 0 Å². The third kappa shape index (κ3) is 2.33. The molecule has 130 valence electrons. The zero-order chi connectivity index (χ0) is 17.7. The number of esters is 2. The fourth-order valence-electron chi connectivity index (χ4n) is 4.38. The van der Waals surface area contributed by atoms with Crippen molar-refractivity contribution >= 4 is 17.7 Å². The molecule has 0 radical (unpaired) electrons. The first kappa shape index (κ1) is 16.9. The molecule has 0 N–H and O–H groups in total. The number of hydrogen-bond donors (Lipinski definition) is 0. The zero-order valence-corrected chi connectivity index (χ0v) is 14.3. The highest BCUT2D eigenvalue weighted by molar-refractivity contribution is 5.86. The summed E-state index contributed by atoms with van der Waals surface area (Å²) in [6.07, 6.45) is 1.80. The van der Waals surface area contributed by atoms with Crippen molar-refractivity contribution in [3.8, 4) is 6.07 Å². The third-order valence-corrected chi connectivity index (χ3v) is 6.27. The van der Waals surface area contributed by atoms with Crippen LogP contribution in [0.3, 0.4) is 0 Å². The van der Waals surface area contributed by atoms with Crippen LogP contribution in [0.2, 0.25) is 0 Å². The van der Waals surface area contributed by atoms with Gasteiger partial charge in [0.05, 0.1) is 11.5 Å². The Labute approximate surface area is 141 Å². The molecule has 0 aromatic rings. The number of nitrogens with zero attached hydrogens (tertiary/aromatic N) is 1.